The van der Waals surface area contributed by atoms with E-state index in [-0.39, 0.29) is 30.5 Å². The summed E-state index contributed by atoms with van der Waals surface area (Å²) in [6, 6.07) is -0.206. The smallest absolute Gasteiger partial charge is 0.410 e. The standard InChI is InChI=1S/C23H45N2O4.ClH/c1-5-7-8-9-10-11-12-13-14-15-20-29-22(26)21(3)25(4)18-16-24(17-19-25)23(27)28-6-2;/h21H,5-20H2,1-4H3;1H/q+1;/p-1. The number of amides is 1. The van der Waals surface area contributed by atoms with Gasteiger partial charge in [0.05, 0.1) is 46.4 Å². The number of nitrogens with zero attached hydrogens (tertiary/aromatic N) is 2. The summed E-state index contributed by atoms with van der Waals surface area (Å²) in [4.78, 5) is 26.1. The van der Waals surface area contributed by atoms with Gasteiger partial charge in [-0.3, -0.25) is 4.90 Å². The van der Waals surface area contributed by atoms with E-state index in [1.807, 2.05) is 13.8 Å². The molecule has 1 aliphatic rings. The molecular formula is C23H45ClN2O4. The quantitative estimate of drug-likeness (QED) is 0.231. The number of esters is 1. The van der Waals surface area contributed by atoms with Crippen molar-refractivity contribution >= 4 is 12.1 Å². The normalized spacial score (nSPS) is 16.5. The number of piperazine rings is 1. The molecule has 0 N–H and O–H groups in total. The monoisotopic (exact) mass is 448 g/mol. The van der Waals surface area contributed by atoms with Gasteiger partial charge in [0.2, 0.25) is 0 Å². The Balaban J connectivity index is 0.00000841. The maximum atomic E-state index is 12.5. The Labute approximate surface area is 190 Å². The van der Waals surface area contributed by atoms with Crippen molar-refractivity contribution < 1.29 is 36.0 Å². The molecule has 0 aromatic carbocycles. The summed E-state index contributed by atoms with van der Waals surface area (Å²) in [6.45, 7) is 9.65. The summed E-state index contributed by atoms with van der Waals surface area (Å²) in [5.41, 5.74) is 0. The lowest BCUT2D eigenvalue weighted by atomic mass is 10.1. The Morgan fingerprint density at radius 1 is 0.867 bits per heavy atom. The zero-order valence-electron chi connectivity index (χ0n) is 19.8. The lowest BCUT2D eigenvalue weighted by Crippen LogP contribution is -3.00. The van der Waals surface area contributed by atoms with Crippen molar-refractivity contribution in [2.24, 2.45) is 0 Å². The van der Waals surface area contributed by atoms with Crippen LogP contribution in [0.25, 0.3) is 0 Å². The maximum Gasteiger partial charge on any atom is 0.410 e. The number of ether oxygens (including phenoxy) is 2. The van der Waals surface area contributed by atoms with E-state index < -0.39 is 0 Å². The highest BCUT2D eigenvalue weighted by atomic mass is 35.5. The van der Waals surface area contributed by atoms with Crippen LogP contribution in [0.15, 0.2) is 0 Å². The summed E-state index contributed by atoms with van der Waals surface area (Å²) in [5.74, 6) is -0.118. The molecule has 30 heavy (non-hydrogen) atoms. The molecule has 1 unspecified atom stereocenters. The van der Waals surface area contributed by atoms with Crippen molar-refractivity contribution in [2.75, 3.05) is 46.4 Å². The fraction of sp³-hybridized carbons (Fsp3) is 0.913. The van der Waals surface area contributed by atoms with Crippen LogP contribution < -0.4 is 12.4 Å². The SMILES string of the molecule is CCCCCCCCCCCCOC(=O)C(C)[N+]1(C)CCN(C(=O)OCC)CC1.[Cl-]. The van der Waals surface area contributed by atoms with Crippen LogP contribution >= 0.6 is 0 Å². The molecule has 0 aliphatic carbocycles. The number of rotatable bonds is 14. The Hall–Kier alpha value is -1.01. The van der Waals surface area contributed by atoms with Gasteiger partial charge in [0.1, 0.15) is 0 Å². The van der Waals surface area contributed by atoms with Crippen LogP contribution in [0.1, 0.15) is 85.0 Å². The van der Waals surface area contributed by atoms with Crippen LogP contribution in [0.2, 0.25) is 0 Å². The van der Waals surface area contributed by atoms with Gasteiger partial charge in [0.15, 0.2) is 6.04 Å². The van der Waals surface area contributed by atoms with Crippen molar-refractivity contribution in [1.82, 2.24) is 4.90 Å². The van der Waals surface area contributed by atoms with Gasteiger partial charge < -0.3 is 26.4 Å². The fourth-order valence-electron chi connectivity index (χ4n) is 3.84. The second-order valence-electron chi connectivity index (χ2n) is 8.64. The first kappa shape index (κ1) is 29.0. The molecule has 0 radical (unpaired) electrons. The van der Waals surface area contributed by atoms with Gasteiger partial charge in [-0.05, 0) is 20.3 Å². The van der Waals surface area contributed by atoms with E-state index in [1.54, 1.807) is 4.90 Å². The predicted molar refractivity (Wildman–Crippen MR) is 117 cm³/mol. The van der Waals surface area contributed by atoms with E-state index in [2.05, 4.69) is 14.0 Å². The Kier molecular flexibility index (Phi) is 16.1. The van der Waals surface area contributed by atoms with Crippen LogP contribution in [0.3, 0.4) is 0 Å². The number of halogens is 1. The lowest BCUT2D eigenvalue weighted by Gasteiger charge is -2.44. The minimum Gasteiger partial charge on any atom is -1.00 e. The van der Waals surface area contributed by atoms with Gasteiger partial charge in [-0.2, -0.15) is 0 Å². The lowest BCUT2D eigenvalue weighted by molar-refractivity contribution is -0.927. The molecule has 178 valence electrons. The molecule has 0 aromatic rings. The average molecular weight is 449 g/mol. The molecule has 7 heteroatoms. The topological polar surface area (TPSA) is 55.8 Å². The molecule has 0 spiro atoms. The number of likely N-dealkylation sites (N-methyl/N-ethyl adjacent to an activating group) is 1. The summed E-state index contributed by atoms with van der Waals surface area (Å²) >= 11 is 0. The van der Waals surface area contributed by atoms with Crippen molar-refractivity contribution in [1.29, 1.82) is 0 Å². The molecule has 1 rings (SSSR count). The van der Waals surface area contributed by atoms with E-state index in [9.17, 15) is 9.59 Å². The van der Waals surface area contributed by atoms with Crippen LogP contribution in [-0.2, 0) is 14.3 Å². The zero-order chi connectivity index (χ0) is 21.5. The molecule has 1 amide bonds. The van der Waals surface area contributed by atoms with Gasteiger partial charge >= 0.3 is 12.1 Å². The van der Waals surface area contributed by atoms with E-state index in [0.717, 1.165) is 25.9 Å². The first-order valence-corrected chi connectivity index (χ1v) is 11.9. The number of hydrogen-bond donors (Lipinski definition) is 0. The molecule has 1 saturated heterocycles. The molecule has 1 aliphatic heterocycles. The first-order valence-electron chi connectivity index (χ1n) is 11.9. The van der Waals surface area contributed by atoms with Gasteiger partial charge in [-0.15, -0.1) is 0 Å². The Morgan fingerprint density at radius 2 is 1.37 bits per heavy atom. The van der Waals surface area contributed by atoms with E-state index >= 15 is 0 Å². The number of hydrogen-bond acceptors (Lipinski definition) is 4. The van der Waals surface area contributed by atoms with Gasteiger partial charge in [-0.1, -0.05) is 64.7 Å². The largest absolute Gasteiger partial charge is 1.00 e. The number of quaternary nitrogens is 1. The maximum absolute atomic E-state index is 12.5. The number of carbonyl (C=O) groups excluding carboxylic acids is 2. The first-order chi connectivity index (χ1) is 13.9. The highest BCUT2D eigenvalue weighted by Gasteiger charge is 2.40. The third-order valence-electron chi connectivity index (χ3n) is 6.31. The summed E-state index contributed by atoms with van der Waals surface area (Å²) in [6.07, 6.45) is 12.5. The second kappa shape index (κ2) is 16.7. The third-order valence-corrected chi connectivity index (χ3v) is 6.31. The van der Waals surface area contributed by atoms with Gasteiger partial charge in [-0.25, -0.2) is 9.59 Å². The highest BCUT2D eigenvalue weighted by Crippen LogP contribution is 2.17. The molecule has 6 nitrogen and oxygen atoms in total. The zero-order valence-corrected chi connectivity index (χ0v) is 20.6. The van der Waals surface area contributed by atoms with Crippen molar-refractivity contribution in [2.45, 2.75) is 91.0 Å². The van der Waals surface area contributed by atoms with Crippen molar-refractivity contribution in [3.63, 3.8) is 0 Å². The van der Waals surface area contributed by atoms with E-state index in [0.29, 0.717) is 30.8 Å². The Bertz CT molecular complexity index is 468. The van der Waals surface area contributed by atoms with Crippen molar-refractivity contribution in [3.8, 4) is 0 Å². The van der Waals surface area contributed by atoms with Crippen molar-refractivity contribution in [3.05, 3.63) is 0 Å². The fourth-order valence-corrected chi connectivity index (χ4v) is 3.84. The molecule has 0 aromatic heterocycles. The number of carbonyl (C=O) groups is 2. The average Bonchev–Trinajstić information content (AvgIpc) is 2.72. The van der Waals surface area contributed by atoms with Crippen LogP contribution in [0.5, 0.6) is 0 Å². The molecule has 0 saturated carbocycles. The number of unbranched alkanes of at least 4 members (excludes halogenated alkanes) is 9. The molecule has 1 atom stereocenters. The minimum atomic E-state index is -0.255. The Morgan fingerprint density at radius 3 is 1.87 bits per heavy atom. The third kappa shape index (κ3) is 10.9. The van der Waals surface area contributed by atoms with Gasteiger partial charge in [0.25, 0.3) is 0 Å². The molecule has 0 bridgehead atoms. The summed E-state index contributed by atoms with van der Waals surface area (Å²) in [5, 5.41) is 0. The summed E-state index contributed by atoms with van der Waals surface area (Å²) in [7, 11) is 2.08. The summed E-state index contributed by atoms with van der Waals surface area (Å²) < 4.78 is 11.2. The van der Waals surface area contributed by atoms with Crippen LogP contribution in [-0.4, -0.2) is 73.9 Å². The molecular weight excluding hydrogens is 404 g/mol. The van der Waals surface area contributed by atoms with E-state index in [4.69, 9.17) is 9.47 Å². The molecule has 1 heterocycles. The highest BCUT2D eigenvalue weighted by molar-refractivity contribution is 5.74. The van der Waals surface area contributed by atoms with Crippen LogP contribution in [0, 0.1) is 0 Å². The van der Waals surface area contributed by atoms with Gasteiger partial charge in [0, 0.05) is 0 Å². The second-order valence-corrected chi connectivity index (χ2v) is 8.64. The predicted octanol–water partition coefficient (Wildman–Crippen LogP) is 1.76. The minimum absolute atomic E-state index is 0. The van der Waals surface area contributed by atoms with E-state index in [1.165, 1.54) is 51.4 Å². The molecule has 1 fully saturated rings. The van der Waals surface area contributed by atoms with Crippen LogP contribution in [0.4, 0.5) is 4.79 Å².